The number of hydrogen-bond donors (Lipinski definition) is 2. The van der Waals surface area contributed by atoms with Gasteiger partial charge in [0.1, 0.15) is 11.5 Å². The van der Waals surface area contributed by atoms with Gasteiger partial charge in [0.05, 0.1) is 0 Å². The number of hydrogen-bond acceptors (Lipinski definition) is 2. The smallest absolute Gasteiger partial charge is 0.121 e. The van der Waals surface area contributed by atoms with Crippen LogP contribution < -0.4 is 0 Å². The SMILES string of the molecule is Cc1cc(C2(c3cc(C)c(O)c(CC(C)C)c3)CC(C)CC(C)(C)C2)cc(CC(C)C)c1O. The monoisotopic (exact) mass is 450 g/mol. The number of phenols is 2. The minimum Gasteiger partial charge on any atom is -0.507 e. The molecule has 2 aromatic rings. The number of aryl methyl sites for hydroxylation is 2. The van der Waals surface area contributed by atoms with Gasteiger partial charge in [-0.1, -0.05) is 72.7 Å². The average Bonchev–Trinajstić information content (AvgIpc) is 2.66. The summed E-state index contributed by atoms with van der Waals surface area (Å²) in [4.78, 5) is 0. The third-order valence-corrected chi connectivity index (χ3v) is 7.50. The molecule has 0 aromatic heterocycles. The van der Waals surface area contributed by atoms with Crippen LogP contribution >= 0.6 is 0 Å². The van der Waals surface area contributed by atoms with E-state index in [0.29, 0.717) is 29.3 Å². The van der Waals surface area contributed by atoms with E-state index in [2.05, 4.69) is 72.7 Å². The molecule has 0 amide bonds. The van der Waals surface area contributed by atoms with E-state index in [1.54, 1.807) is 0 Å². The van der Waals surface area contributed by atoms with Crippen LogP contribution in [0.1, 0.15) is 101 Å². The molecule has 1 saturated carbocycles. The van der Waals surface area contributed by atoms with Crippen LogP contribution in [0.25, 0.3) is 0 Å². The molecule has 0 radical (unpaired) electrons. The number of benzene rings is 2. The fourth-order valence-electron chi connectivity index (χ4n) is 6.63. The highest BCUT2D eigenvalue weighted by atomic mass is 16.3. The van der Waals surface area contributed by atoms with E-state index in [0.717, 1.165) is 47.9 Å². The van der Waals surface area contributed by atoms with Gasteiger partial charge in [0.2, 0.25) is 0 Å². The molecule has 0 heterocycles. The number of phenolic OH excluding ortho intramolecular Hbond substituents is 2. The fourth-order valence-corrected chi connectivity index (χ4v) is 6.63. The largest absolute Gasteiger partial charge is 0.507 e. The van der Waals surface area contributed by atoms with Crippen molar-refractivity contribution in [3.05, 3.63) is 57.6 Å². The molecule has 2 nitrogen and oxygen atoms in total. The molecule has 0 bridgehead atoms. The van der Waals surface area contributed by atoms with Crippen LogP contribution in [0.3, 0.4) is 0 Å². The Morgan fingerprint density at radius 2 is 1.21 bits per heavy atom. The molecule has 2 heteroatoms. The topological polar surface area (TPSA) is 40.5 Å². The van der Waals surface area contributed by atoms with Crippen molar-refractivity contribution in [2.24, 2.45) is 23.2 Å². The van der Waals surface area contributed by atoms with Crippen LogP contribution in [-0.4, -0.2) is 10.2 Å². The summed E-state index contributed by atoms with van der Waals surface area (Å²) in [6.45, 7) is 20.1. The highest BCUT2D eigenvalue weighted by Gasteiger charge is 2.46. The lowest BCUT2D eigenvalue weighted by Crippen LogP contribution is -2.41. The molecule has 0 spiro atoms. The molecule has 1 aliphatic rings. The zero-order valence-electron chi connectivity index (χ0n) is 22.5. The maximum Gasteiger partial charge on any atom is 0.121 e. The van der Waals surface area contributed by atoms with Gasteiger partial charge in [0.25, 0.3) is 0 Å². The van der Waals surface area contributed by atoms with Crippen LogP contribution in [0.5, 0.6) is 11.5 Å². The molecular weight excluding hydrogens is 404 g/mol. The summed E-state index contributed by atoms with van der Waals surface area (Å²) in [6, 6.07) is 9.05. The third kappa shape index (κ3) is 5.42. The summed E-state index contributed by atoms with van der Waals surface area (Å²) < 4.78 is 0. The number of aromatic hydroxyl groups is 2. The zero-order valence-corrected chi connectivity index (χ0v) is 22.5. The quantitative estimate of drug-likeness (QED) is 0.465. The van der Waals surface area contributed by atoms with Crippen molar-refractivity contribution in [2.75, 3.05) is 0 Å². The van der Waals surface area contributed by atoms with E-state index in [4.69, 9.17) is 0 Å². The maximum absolute atomic E-state index is 10.9. The van der Waals surface area contributed by atoms with E-state index < -0.39 is 0 Å². The molecule has 1 atom stereocenters. The second-order valence-electron chi connectivity index (χ2n) is 12.7. The third-order valence-electron chi connectivity index (χ3n) is 7.50. The Morgan fingerprint density at radius 1 is 0.788 bits per heavy atom. The summed E-state index contributed by atoms with van der Waals surface area (Å²) in [7, 11) is 0. The molecule has 1 fully saturated rings. The molecule has 33 heavy (non-hydrogen) atoms. The Kier molecular flexibility index (Phi) is 7.27. The van der Waals surface area contributed by atoms with Crippen LogP contribution in [0.15, 0.2) is 24.3 Å². The average molecular weight is 451 g/mol. The van der Waals surface area contributed by atoms with Crippen molar-refractivity contribution >= 4 is 0 Å². The second-order valence-corrected chi connectivity index (χ2v) is 12.7. The highest BCUT2D eigenvalue weighted by Crippen LogP contribution is 2.55. The fraction of sp³-hybridized carbons (Fsp3) is 0.613. The normalized spacial score (nSPS) is 19.9. The minimum absolute atomic E-state index is 0.129. The van der Waals surface area contributed by atoms with Crippen molar-refractivity contribution in [3.8, 4) is 11.5 Å². The summed E-state index contributed by atoms with van der Waals surface area (Å²) in [6.07, 6.45) is 5.14. The van der Waals surface area contributed by atoms with Gasteiger partial charge in [-0.05, 0) is 103 Å². The van der Waals surface area contributed by atoms with Gasteiger partial charge < -0.3 is 10.2 Å². The van der Waals surface area contributed by atoms with Crippen molar-refractivity contribution in [1.29, 1.82) is 0 Å². The van der Waals surface area contributed by atoms with Gasteiger partial charge in [-0.25, -0.2) is 0 Å². The van der Waals surface area contributed by atoms with Gasteiger partial charge in [-0.2, -0.15) is 0 Å². The molecule has 1 aliphatic carbocycles. The summed E-state index contributed by atoms with van der Waals surface area (Å²) in [5.41, 5.74) is 6.80. The van der Waals surface area contributed by atoms with Crippen molar-refractivity contribution in [3.63, 3.8) is 0 Å². The Hall–Kier alpha value is -1.96. The molecular formula is C31H46O2. The van der Waals surface area contributed by atoms with Crippen molar-refractivity contribution < 1.29 is 10.2 Å². The minimum atomic E-state index is -0.129. The first kappa shape index (κ1) is 25.7. The van der Waals surface area contributed by atoms with Gasteiger partial charge in [0, 0.05) is 5.41 Å². The van der Waals surface area contributed by atoms with E-state index in [-0.39, 0.29) is 10.8 Å². The zero-order chi connectivity index (χ0) is 24.7. The molecule has 2 aromatic carbocycles. The Balaban J connectivity index is 2.31. The second kappa shape index (κ2) is 9.35. The summed E-state index contributed by atoms with van der Waals surface area (Å²) in [5, 5.41) is 21.7. The Labute approximate surface area is 202 Å². The highest BCUT2D eigenvalue weighted by molar-refractivity contribution is 5.53. The Bertz CT molecular complexity index is 931. The lowest BCUT2D eigenvalue weighted by atomic mass is 9.55. The van der Waals surface area contributed by atoms with Crippen molar-refractivity contribution in [2.45, 2.75) is 99.8 Å². The van der Waals surface area contributed by atoms with E-state index in [1.807, 2.05) is 13.8 Å². The first-order chi connectivity index (χ1) is 15.2. The van der Waals surface area contributed by atoms with Gasteiger partial charge in [0.15, 0.2) is 0 Å². The Morgan fingerprint density at radius 3 is 1.58 bits per heavy atom. The predicted molar refractivity (Wildman–Crippen MR) is 140 cm³/mol. The van der Waals surface area contributed by atoms with Crippen LogP contribution in [0, 0.1) is 37.0 Å². The first-order valence-corrected chi connectivity index (χ1v) is 12.9. The number of rotatable bonds is 6. The van der Waals surface area contributed by atoms with Gasteiger partial charge in [-0.3, -0.25) is 0 Å². The maximum atomic E-state index is 10.9. The first-order valence-electron chi connectivity index (χ1n) is 12.9. The molecule has 182 valence electrons. The molecule has 1 unspecified atom stereocenters. The van der Waals surface area contributed by atoms with E-state index in [1.165, 1.54) is 17.5 Å². The lowest BCUT2D eigenvalue weighted by Gasteiger charge is -2.49. The van der Waals surface area contributed by atoms with Gasteiger partial charge in [-0.15, -0.1) is 0 Å². The van der Waals surface area contributed by atoms with E-state index in [9.17, 15) is 10.2 Å². The summed E-state index contributed by atoms with van der Waals surface area (Å²) in [5.74, 6) is 2.47. The molecule has 2 N–H and O–H groups in total. The van der Waals surface area contributed by atoms with Crippen molar-refractivity contribution in [1.82, 2.24) is 0 Å². The molecule has 0 aliphatic heterocycles. The van der Waals surface area contributed by atoms with Gasteiger partial charge >= 0.3 is 0 Å². The lowest BCUT2D eigenvalue weighted by molar-refractivity contribution is 0.126. The molecule has 0 saturated heterocycles. The van der Waals surface area contributed by atoms with E-state index >= 15 is 0 Å². The predicted octanol–water partition coefficient (Wildman–Crippen LogP) is 8.24. The molecule has 3 rings (SSSR count). The standard InChI is InChI=1S/C31H46O2/c1-19(2)10-24-14-26(12-22(6)28(24)32)31(17-21(5)16-30(8,9)18-31)27-13-23(7)29(33)25(15-27)11-20(3)4/h12-15,19-21,32-33H,10-11,16-18H2,1-9H3. The summed E-state index contributed by atoms with van der Waals surface area (Å²) >= 11 is 0. The van der Waals surface area contributed by atoms with Crippen LogP contribution in [-0.2, 0) is 18.3 Å². The van der Waals surface area contributed by atoms with Crippen LogP contribution in [0.4, 0.5) is 0 Å². The van der Waals surface area contributed by atoms with Crippen LogP contribution in [0.2, 0.25) is 0 Å².